The minimum Gasteiger partial charge on any atom is -0.352 e. The first-order valence-corrected chi connectivity index (χ1v) is 7.68. The van der Waals surface area contributed by atoms with Crippen molar-refractivity contribution in [3.05, 3.63) is 58.3 Å². The van der Waals surface area contributed by atoms with Crippen molar-refractivity contribution in [1.82, 2.24) is 16.2 Å². The molecule has 120 valence electrons. The van der Waals surface area contributed by atoms with E-state index in [1.807, 2.05) is 11.4 Å². The van der Waals surface area contributed by atoms with Gasteiger partial charge in [0.1, 0.15) is 0 Å². The molecular formula is C15H16N4O3S. The van der Waals surface area contributed by atoms with Crippen LogP contribution in [0.2, 0.25) is 0 Å². The highest BCUT2D eigenvalue weighted by molar-refractivity contribution is 7.10. The Balaban J connectivity index is 1.89. The van der Waals surface area contributed by atoms with Crippen molar-refractivity contribution in [2.24, 2.45) is 5.73 Å². The fraction of sp³-hybridized carbons (Fsp3) is 0.133. The molecule has 23 heavy (non-hydrogen) atoms. The molecule has 0 spiro atoms. The van der Waals surface area contributed by atoms with Gasteiger partial charge in [0.15, 0.2) is 0 Å². The van der Waals surface area contributed by atoms with E-state index < -0.39 is 23.9 Å². The zero-order chi connectivity index (χ0) is 16.7. The number of benzene rings is 1. The third-order valence-corrected chi connectivity index (χ3v) is 3.93. The van der Waals surface area contributed by atoms with E-state index in [4.69, 9.17) is 5.73 Å². The summed E-state index contributed by atoms with van der Waals surface area (Å²) in [6, 6.07) is 10.8. The fourth-order valence-corrected chi connectivity index (χ4v) is 2.69. The van der Waals surface area contributed by atoms with Gasteiger partial charge >= 0.3 is 6.03 Å². The molecule has 0 fully saturated rings. The molecule has 0 aliphatic heterocycles. The summed E-state index contributed by atoms with van der Waals surface area (Å²) in [6.07, 6.45) is -0.0431. The molecule has 8 heteroatoms. The molecule has 1 heterocycles. The van der Waals surface area contributed by atoms with Crippen LogP contribution in [0.15, 0.2) is 47.8 Å². The lowest BCUT2D eigenvalue weighted by Gasteiger charge is -2.16. The monoisotopic (exact) mass is 332 g/mol. The van der Waals surface area contributed by atoms with Crippen molar-refractivity contribution in [2.45, 2.75) is 12.5 Å². The third kappa shape index (κ3) is 5.11. The van der Waals surface area contributed by atoms with Gasteiger partial charge in [0.25, 0.3) is 5.91 Å². The normalized spacial score (nSPS) is 11.3. The van der Waals surface area contributed by atoms with Crippen LogP contribution >= 0.6 is 11.3 Å². The van der Waals surface area contributed by atoms with Gasteiger partial charge in [-0.25, -0.2) is 4.79 Å². The van der Waals surface area contributed by atoms with Gasteiger partial charge in [0.05, 0.1) is 12.5 Å². The third-order valence-electron chi connectivity index (χ3n) is 2.94. The van der Waals surface area contributed by atoms with Crippen molar-refractivity contribution in [2.75, 3.05) is 0 Å². The van der Waals surface area contributed by atoms with E-state index in [-0.39, 0.29) is 6.42 Å². The second-order valence-electron chi connectivity index (χ2n) is 4.65. The molecule has 0 radical (unpaired) electrons. The van der Waals surface area contributed by atoms with E-state index in [9.17, 15) is 14.4 Å². The van der Waals surface area contributed by atoms with Gasteiger partial charge in [-0.2, -0.15) is 0 Å². The number of hydrogen-bond acceptors (Lipinski definition) is 4. The van der Waals surface area contributed by atoms with Gasteiger partial charge in [-0.15, -0.1) is 11.3 Å². The SMILES string of the molecule is NC(=O)NC(CC(=O)NNC(=O)c1ccccc1)c1cccs1. The average molecular weight is 332 g/mol. The minimum atomic E-state index is -0.718. The van der Waals surface area contributed by atoms with E-state index in [0.717, 1.165) is 4.88 Å². The molecule has 4 amide bonds. The van der Waals surface area contributed by atoms with Gasteiger partial charge in [0.2, 0.25) is 5.91 Å². The smallest absolute Gasteiger partial charge is 0.312 e. The number of hydrogen-bond donors (Lipinski definition) is 4. The molecule has 1 aromatic carbocycles. The van der Waals surface area contributed by atoms with Gasteiger partial charge in [-0.3, -0.25) is 20.4 Å². The summed E-state index contributed by atoms with van der Waals surface area (Å²) in [5.74, 6) is -0.865. The van der Waals surface area contributed by atoms with Crippen LogP contribution in [0.1, 0.15) is 27.7 Å². The van der Waals surface area contributed by atoms with E-state index in [2.05, 4.69) is 16.2 Å². The molecule has 7 nitrogen and oxygen atoms in total. The van der Waals surface area contributed by atoms with Crippen LogP contribution in [0.5, 0.6) is 0 Å². The Morgan fingerprint density at radius 2 is 1.78 bits per heavy atom. The van der Waals surface area contributed by atoms with Gasteiger partial charge in [-0.05, 0) is 23.6 Å². The molecule has 2 aromatic rings. The highest BCUT2D eigenvalue weighted by Gasteiger charge is 2.18. The number of hydrazine groups is 1. The molecular weight excluding hydrogens is 316 g/mol. The van der Waals surface area contributed by atoms with Crippen LogP contribution in [0.25, 0.3) is 0 Å². The van der Waals surface area contributed by atoms with Crippen molar-refractivity contribution < 1.29 is 14.4 Å². The topological polar surface area (TPSA) is 113 Å². The van der Waals surface area contributed by atoms with Crippen molar-refractivity contribution in [3.8, 4) is 0 Å². The Morgan fingerprint density at radius 3 is 2.39 bits per heavy atom. The number of amides is 4. The van der Waals surface area contributed by atoms with Crippen LogP contribution in [0, 0.1) is 0 Å². The Labute approximate surface area is 136 Å². The summed E-state index contributed by atoms with van der Waals surface area (Å²) in [5.41, 5.74) is 10.2. The number of urea groups is 1. The Morgan fingerprint density at radius 1 is 1.04 bits per heavy atom. The summed E-state index contributed by atoms with van der Waals surface area (Å²) in [5, 5.41) is 4.34. The quantitative estimate of drug-likeness (QED) is 0.619. The van der Waals surface area contributed by atoms with Crippen molar-refractivity contribution in [3.63, 3.8) is 0 Å². The maximum atomic E-state index is 12.0. The van der Waals surface area contributed by atoms with E-state index in [1.165, 1.54) is 11.3 Å². The molecule has 0 bridgehead atoms. The molecule has 0 aliphatic carbocycles. The van der Waals surface area contributed by atoms with Crippen molar-refractivity contribution >= 4 is 29.2 Å². The zero-order valence-electron chi connectivity index (χ0n) is 12.1. The number of carbonyl (C=O) groups excluding carboxylic acids is 3. The largest absolute Gasteiger partial charge is 0.352 e. The number of thiophene rings is 1. The molecule has 0 saturated heterocycles. The van der Waals surface area contributed by atoms with E-state index in [1.54, 1.807) is 36.4 Å². The fourth-order valence-electron chi connectivity index (χ4n) is 1.91. The van der Waals surface area contributed by atoms with Gasteiger partial charge < -0.3 is 11.1 Å². The minimum absolute atomic E-state index is 0.0431. The van der Waals surface area contributed by atoms with Crippen LogP contribution in [-0.4, -0.2) is 17.8 Å². The number of nitrogens with two attached hydrogens (primary N) is 1. The number of carbonyl (C=O) groups is 3. The Bertz CT molecular complexity index is 673. The lowest BCUT2D eigenvalue weighted by Crippen LogP contribution is -2.43. The second kappa shape index (κ2) is 7.95. The van der Waals surface area contributed by atoms with Crippen LogP contribution in [0.4, 0.5) is 4.79 Å². The standard InChI is InChI=1S/C15H16N4O3S/c16-15(22)17-11(12-7-4-8-23-12)9-13(20)18-19-14(21)10-5-2-1-3-6-10/h1-8,11H,9H2,(H,18,20)(H,19,21)(H3,16,17,22). The van der Waals surface area contributed by atoms with Crippen LogP contribution in [0.3, 0.4) is 0 Å². The first-order chi connectivity index (χ1) is 11.1. The lowest BCUT2D eigenvalue weighted by molar-refractivity contribution is -0.122. The first-order valence-electron chi connectivity index (χ1n) is 6.80. The highest BCUT2D eigenvalue weighted by atomic mass is 32.1. The zero-order valence-corrected chi connectivity index (χ0v) is 12.9. The lowest BCUT2D eigenvalue weighted by atomic mass is 10.1. The second-order valence-corrected chi connectivity index (χ2v) is 5.63. The Hall–Kier alpha value is -2.87. The van der Waals surface area contributed by atoms with E-state index >= 15 is 0 Å². The molecule has 5 N–H and O–H groups in total. The van der Waals surface area contributed by atoms with Crippen LogP contribution < -0.4 is 21.9 Å². The number of rotatable bonds is 5. The maximum Gasteiger partial charge on any atom is 0.312 e. The number of nitrogens with one attached hydrogen (secondary N) is 3. The summed E-state index contributed by atoms with van der Waals surface area (Å²) in [7, 11) is 0. The summed E-state index contributed by atoms with van der Waals surface area (Å²) in [6.45, 7) is 0. The molecule has 2 rings (SSSR count). The first kappa shape index (κ1) is 16.5. The van der Waals surface area contributed by atoms with E-state index in [0.29, 0.717) is 5.56 Å². The van der Waals surface area contributed by atoms with Crippen molar-refractivity contribution in [1.29, 1.82) is 0 Å². The maximum absolute atomic E-state index is 12.0. The summed E-state index contributed by atoms with van der Waals surface area (Å²) >= 11 is 1.40. The van der Waals surface area contributed by atoms with Gasteiger partial charge in [0, 0.05) is 10.4 Å². The average Bonchev–Trinajstić information content (AvgIpc) is 3.07. The number of primary amides is 1. The molecule has 0 saturated carbocycles. The van der Waals surface area contributed by atoms with Gasteiger partial charge in [-0.1, -0.05) is 24.3 Å². The Kier molecular flexibility index (Phi) is 5.70. The molecule has 1 aromatic heterocycles. The molecule has 1 unspecified atom stereocenters. The molecule has 1 atom stereocenters. The predicted molar refractivity (Wildman–Crippen MR) is 86.4 cm³/mol. The highest BCUT2D eigenvalue weighted by Crippen LogP contribution is 2.21. The van der Waals surface area contributed by atoms with Crippen LogP contribution in [-0.2, 0) is 4.79 Å². The predicted octanol–water partition coefficient (Wildman–Crippen LogP) is 1.31. The summed E-state index contributed by atoms with van der Waals surface area (Å²) in [4.78, 5) is 35.6. The molecule has 0 aliphatic rings. The summed E-state index contributed by atoms with van der Waals surface area (Å²) < 4.78 is 0.